The molecule has 0 aromatic heterocycles. The number of nitrogens with two attached hydrogens (primary N) is 1. The van der Waals surface area contributed by atoms with Gasteiger partial charge in [0.25, 0.3) is 0 Å². The van der Waals surface area contributed by atoms with Gasteiger partial charge in [-0.3, -0.25) is 4.90 Å². The normalized spacial score (nSPS) is 20.8. The van der Waals surface area contributed by atoms with Crippen LogP contribution in [0.1, 0.15) is 70.6 Å². The Morgan fingerprint density at radius 2 is 1.35 bits per heavy atom. The topological polar surface area (TPSA) is 51.0 Å². The maximum Gasteiger partial charge on any atom is 0.108 e. The minimum Gasteiger partial charge on any atom is -0.466 e. The summed E-state index contributed by atoms with van der Waals surface area (Å²) < 4.78 is 12.4. The van der Waals surface area contributed by atoms with Crippen LogP contribution < -0.4 is 5.73 Å². The van der Waals surface area contributed by atoms with Crippen molar-refractivity contribution in [2.45, 2.75) is 59.5 Å². The number of benzene rings is 2. The average molecular weight is 651 g/mol. The van der Waals surface area contributed by atoms with Gasteiger partial charge in [0.15, 0.2) is 0 Å². The maximum atomic E-state index is 6.83. The van der Waals surface area contributed by atoms with Crippen LogP contribution >= 0.6 is 37.2 Å². The van der Waals surface area contributed by atoms with Crippen LogP contribution in [0.25, 0.3) is 0 Å². The zero-order valence-corrected chi connectivity index (χ0v) is 28.6. The molecule has 0 saturated carbocycles. The van der Waals surface area contributed by atoms with E-state index in [0.717, 1.165) is 69.4 Å². The van der Waals surface area contributed by atoms with Crippen LogP contribution in [-0.4, -0.2) is 55.7 Å². The lowest BCUT2D eigenvalue weighted by atomic mass is 9.85. The molecule has 1 aliphatic carbocycles. The lowest BCUT2D eigenvalue weighted by molar-refractivity contribution is 0.0748. The number of rotatable bonds is 11. The quantitative estimate of drug-likeness (QED) is 0.249. The number of hydrogen-bond donors (Lipinski definition) is 1. The summed E-state index contributed by atoms with van der Waals surface area (Å²) in [5, 5.41) is 0. The highest BCUT2D eigenvalue weighted by molar-refractivity contribution is 5.86. The van der Waals surface area contributed by atoms with Crippen molar-refractivity contribution in [3.05, 3.63) is 106 Å². The van der Waals surface area contributed by atoms with Gasteiger partial charge in [-0.2, -0.15) is 0 Å². The maximum absolute atomic E-state index is 6.83. The third-order valence-corrected chi connectivity index (χ3v) is 9.07. The molecule has 0 spiro atoms. The van der Waals surface area contributed by atoms with Crippen molar-refractivity contribution in [1.29, 1.82) is 0 Å². The largest absolute Gasteiger partial charge is 0.466 e. The van der Waals surface area contributed by atoms with Gasteiger partial charge in [0.05, 0.1) is 0 Å². The SMILES string of the molecule is CC1=C(C)C2=C(N)C(C)(CN3CCN(CCCCCOC(c4ccccc4)c4ccccc4)CC3)CC2=C(C)O1.Cl.Cl.Cl. The summed E-state index contributed by atoms with van der Waals surface area (Å²) >= 11 is 0. The number of halogens is 3. The molecule has 0 bridgehead atoms. The van der Waals surface area contributed by atoms with Crippen LogP contribution in [0.2, 0.25) is 0 Å². The fraction of sp³-hybridized carbons (Fsp3) is 0.486. The Morgan fingerprint density at radius 3 is 1.93 bits per heavy atom. The first-order valence-corrected chi connectivity index (χ1v) is 15.1. The number of unbranched alkanes of at least 4 members (excludes halogenated alkanes) is 2. The minimum atomic E-state index is -0.0271. The molecule has 3 aliphatic rings. The molecule has 0 radical (unpaired) electrons. The van der Waals surface area contributed by atoms with Gasteiger partial charge in [-0.25, -0.2) is 0 Å². The van der Waals surface area contributed by atoms with Crippen molar-refractivity contribution in [3.63, 3.8) is 0 Å². The molecule has 2 aromatic rings. The van der Waals surface area contributed by atoms with Gasteiger partial charge >= 0.3 is 0 Å². The van der Waals surface area contributed by atoms with E-state index in [-0.39, 0.29) is 48.7 Å². The molecule has 1 fully saturated rings. The van der Waals surface area contributed by atoms with Crippen molar-refractivity contribution in [1.82, 2.24) is 9.80 Å². The van der Waals surface area contributed by atoms with Crippen molar-refractivity contribution < 1.29 is 9.47 Å². The summed E-state index contributed by atoms with van der Waals surface area (Å²) in [7, 11) is 0. The summed E-state index contributed by atoms with van der Waals surface area (Å²) in [5.41, 5.74) is 14.1. The third-order valence-electron chi connectivity index (χ3n) is 9.07. The molecule has 2 N–H and O–H groups in total. The first-order chi connectivity index (χ1) is 19.4. The Labute approximate surface area is 277 Å². The molecule has 5 nitrogen and oxygen atoms in total. The van der Waals surface area contributed by atoms with Crippen molar-refractivity contribution in [2.75, 3.05) is 45.9 Å². The van der Waals surface area contributed by atoms with Gasteiger partial charge in [0.1, 0.15) is 17.6 Å². The highest BCUT2D eigenvalue weighted by Crippen LogP contribution is 2.50. The van der Waals surface area contributed by atoms with Crippen LogP contribution in [0.4, 0.5) is 0 Å². The summed E-state index contributed by atoms with van der Waals surface area (Å²) in [4.78, 5) is 5.24. The molecule has 2 aromatic carbocycles. The molecule has 1 saturated heterocycles. The van der Waals surface area contributed by atoms with Gasteiger partial charge in [-0.15, -0.1) is 37.2 Å². The first kappa shape index (κ1) is 37.2. The molecule has 1 atom stereocenters. The molecule has 1 unspecified atom stereocenters. The highest BCUT2D eigenvalue weighted by Gasteiger charge is 2.43. The van der Waals surface area contributed by atoms with Gasteiger partial charge in [-0.05, 0) is 69.7 Å². The summed E-state index contributed by atoms with van der Waals surface area (Å²) in [6.07, 6.45) is 4.49. The lowest BCUT2D eigenvalue weighted by Gasteiger charge is -2.39. The lowest BCUT2D eigenvalue weighted by Crippen LogP contribution is -2.50. The second kappa shape index (κ2) is 16.9. The molecule has 8 heteroatoms. The van der Waals surface area contributed by atoms with E-state index in [0.29, 0.717) is 0 Å². The van der Waals surface area contributed by atoms with E-state index in [2.05, 4.69) is 91.2 Å². The predicted molar refractivity (Wildman–Crippen MR) is 185 cm³/mol. The Balaban J connectivity index is 0.00000215. The Morgan fingerprint density at radius 1 is 0.791 bits per heavy atom. The second-order valence-electron chi connectivity index (χ2n) is 12.1. The standard InChI is InChI=1S/C35H47N3O2.3ClH/c1-26-27(2)40-28(3)31-24-35(4,34(36)32(26)31)25-38-21-19-37(20-22-38)18-12-7-13-23-39-33(29-14-8-5-9-15-29)30-16-10-6-11-17-30;;;/h5-6,8-11,14-17,33H,7,12-13,18-25,36H2,1-4H3;3*1H. The van der Waals surface area contributed by atoms with Gasteiger partial charge in [0.2, 0.25) is 0 Å². The van der Waals surface area contributed by atoms with Crippen LogP contribution in [0.15, 0.2) is 94.6 Å². The Bertz CT molecular complexity index is 1220. The molecule has 0 amide bonds. The summed E-state index contributed by atoms with van der Waals surface area (Å²) in [5.74, 6) is 2.01. The van der Waals surface area contributed by atoms with Crippen LogP contribution in [-0.2, 0) is 9.47 Å². The molecule has 43 heavy (non-hydrogen) atoms. The van der Waals surface area contributed by atoms with Crippen molar-refractivity contribution >= 4 is 37.2 Å². The molecule has 2 aliphatic heterocycles. The van der Waals surface area contributed by atoms with E-state index >= 15 is 0 Å². The number of fused-ring (bicyclic) bond motifs is 1. The summed E-state index contributed by atoms with van der Waals surface area (Å²) in [6, 6.07) is 21.1. The van der Waals surface area contributed by atoms with Crippen LogP contribution in [0, 0.1) is 5.41 Å². The van der Waals surface area contributed by atoms with E-state index in [4.69, 9.17) is 15.2 Å². The van der Waals surface area contributed by atoms with Gasteiger partial charge in [-0.1, -0.05) is 67.6 Å². The van der Waals surface area contributed by atoms with Gasteiger partial charge < -0.3 is 20.1 Å². The second-order valence-corrected chi connectivity index (χ2v) is 12.1. The van der Waals surface area contributed by atoms with Crippen molar-refractivity contribution in [2.24, 2.45) is 11.1 Å². The number of nitrogens with zero attached hydrogens (tertiary/aromatic N) is 2. The van der Waals surface area contributed by atoms with E-state index < -0.39 is 0 Å². The highest BCUT2D eigenvalue weighted by atomic mass is 35.5. The minimum absolute atomic E-state index is 0. The van der Waals surface area contributed by atoms with E-state index in [1.807, 2.05) is 6.92 Å². The molecule has 238 valence electrons. The predicted octanol–water partition coefficient (Wildman–Crippen LogP) is 8.07. The molecular formula is C35H50Cl3N3O2. The fourth-order valence-corrected chi connectivity index (χ4v) is 6.57. The molecular weight excluding hydrogens is 601 g/mol. The first-order valence-electron chi connectivity index (χ1n) is 15.1. The smallest absolute Gasteiger partial charge is 0.108 e. The average Bonchev–Trinajstić information content (AvgIpc) is 3.23. The van der Waals surface area contributed by atoms with E-state index in [1.165, 1.54) is 47.2 Å². The Hall–Kier alpha value is -1.99. The summed E-state index contributed by atoms with van der Waals surface area (Å²) in [6.45, 7) is 16.1. The fourth-order valence-electron chi connectivity index (χ4n) is 6.57. The Kier molecular flexibility index (Phi) is 14.6. The number of piperazine rings is 1. The number of ether oxygens (including phenoxy) is 2. The number of allylic oxidation sites excluding steroid dienone is 5. The number of hydrogen-bond acceptors (Lipinski definition) is 5. The van der Waals surface area contributed by atoms with Crippen LogP contribution in [0.3, 0.4) is 0 Å². The van der Waals surface area contributed by atoms with Gasteiger partial charge in [0, 0.05) is 61.6 Å². The van der Waals surface area contributed by atoms with E-state index in [9.17, 15) is 0 Å². The zero-order valence-electron chi connectivity index (χ0n) is 26.1. The monoisotopic (exact) mass is 649 g/mol. The van der Waals surface area contributed by atoms with E-state index in [1.54, 1.807) is 0 Å². The van der Waals surface area contributed by atoms with Crippen LogP contribution in [0.5, 0.6) is 0 Å². The molecule has 5 rings (SSSR count). The van der Waals surface area contributed by atoms with Crippen molar-refractivity contribution in [3.8, 4) is 0 Å². The zero-order chi connectivity index (χ0) is 28.1. The third kappa shape index (κ3) is 8.81. The molecule has 2 heterocycles.